The average Bonchev–Trinajstić information content (AvgIpc) is 2.47. The fourth-order valence-corrected chi connectivity index (χ4v) is 1.73. The van der Waals surface area contributed by atoms with E-state index in [4.69, 9.17) is 10.00 Å². The largest absolute Gasteiger partial charge is 0.489 e. The molecule has 0 saturated heterocycles. The van der Waals surface area contributed by atoms with Crippen LogP contribution in [-0.4, -0.2) is 11.2 Å². The highest BCUT2D eigenvalue weighted by Crippen LogP contribution is 2.15. The van der Waals surface area contributed by atoms with Crippen molar-refractivity contribution in [2.24, 2.45) is 0 Å². The molecule has 19 heavy (non-hydrogen) atoms. The summed E-state index contributed by atoms with van der Waals surface area (Å²) in [5.41, 5.74) is 2.03. The molecule has 0 radical (unpaired) electrons. The highest BCUT2D eigenvalue weighted by atomic mass is 16.5. The van der Waals surface area contributed by atoms with Crippen LogP contribution in [0.4, 0.5) is 0 Å². The van der Waals surface area contributed by atoms with Gasteiger partial charge in [0.25, 0.3) is 0 Å². The third-order valence-corrected chi connectivity index (χ3v) is 2.75. The first kappa shape index (κ1) is 13.1. The fourth-order valence-electron chi connectivity index (χ4n) is 1.73. The number of hydrogen-bond acceptors (Lipinski definition) is 3. The molecule has 2 aromatic carbocycles. The predicted molar refractivity (Wildman–Crippen MR) is 72.5 cm³/mol. The van der Waals surface area contributed by atoms with Gasteiger partial charge in [0.05, 0.1) is 6.07 Å². The second-order valence-electron chi connectivity index (χ2n) is 4.27. The molecule has 0 spiro atoms. The van der Waals surface area contributed by atoms with Gasteiger partial charge in [-0.3, -0.25) is 0 Å². The molecule has 2 rings (SSSR count). The van der Waals surface area contributed by atoms with E-state index in [0.29, 0.717) is 13.0 Å². The van der Waals surface area contributed by atoms with Gasteiger partial charge in [-0.05, 0) is 23.3 Å². The van der Waals surface area contributed by atoms with Crippen LogP contribution in [0.3, 0.4) is 0 Å². The van der Waals surface area contributed by atoms with Crippen molar-refractivity contribution < 1.29 is 9.84 Å². The monoisotopic (exact) mass is 253 g/mol. The van der Waals surface area contributed by atoms with Crippen molar-refractivity contribution in [3.05, 3.63) is 65.7 Å². The molecule has 0 aromatic heterocycles. The van der Waals surface area contributed by atoms with Crippen molar-refractivity contribution in [3.8, 4) is 11.8 Å². The first-order chi connectivity index (χ1) is 9.28. The molecular formula is C16H15NO2. The normalized spacial score (nSPS) is 11.6. The van der Waals surface area contributed by atoms with Crippen molar-refractivity contribution in [2.45, 2.75) is 19.1 Å². The lowest BCUT2D eigenvalue weighted by atomic mass is 10.1. The fraction of sp³-hybridized carbons (Fsp3) is 0.188. The van der Waals surface area contributed by atoms with E-state index in [2.05, 4.69) is 0 Å². The Labute approximate surface area is 112 Å². The average molecular weight is 253 g/mol. The van der Waals surface area contributed by atoms with Crippen molar-refractivity contribution >= 4 is 0 Å². The van der Waals surface area contributed by atoms with Crippen LogP contribution < -0.4 is 4.74 Å². The Hall–Kier alpha value is -2.31. The van der Waals surface area contributed by atoms with Gasteiger partial charge in [-0.25, -0.2) is 0 Å². The minimum atomic E-state index is -0.948. The summed E-state index contributed by atoms with van der Waals surface area (Å²) in [7, 11) is 0. The molecule has 0 aliphatic rings. The predicted octanol–water partition coefficient (Wildman–Crippen LogP) is 2.69. The second-order valence-corrected chi connectivity index (χ2v) is 4.27. The van der Waals surface area contributed by atoms with Crippen LogP contribution in [0.5, 0.6) is 5.75 Å². The van der Waals surface area contributed by atoms with Gasteiger partial charge in [-0.15, -0.1) is 0 Å². The first-order valence-corrected chi connectivity index (χ1v) is 6.11. The van der Waals surface area contributed by atoms with Crippen molar-refractivity contribution in [3.63, 3.8) is 0 Å². The van der Waals surface area contributed by atoms with Crippen molar-refractivity contribution in [1.29, 1.82) is 5.26 Å². The van der Waals surface area contributed by atoms with E-state index >= 15 is 0 Å². The summed E-state index contributed by atoms with van der Waals surface area (Å²) < 4.78 is 5.65. The summed E-state index contributed by atoms with van der Waals surface area (Å²) >= 11 is 0. The quantitative estimate of drug-likeness (QED) is 0.833. The van der Waals surface area contributed by atoms with E-state index in [0.717, 1.165) is 16.9 Å². The summed E-state index contributed by atoms with van der Waals surface area (Å²) in [5.74, 6) is 0.777. The molecule has 96 valence electrons. The molecule has 0 heterocycles. The van der Waals surface area contributed by atoms with Crippen LogP contribution in [0.15, 0.2) is 54.6 Å². The zero-order chi connectivity index (χ0) is 13.5. The molecular weight excluding hydrogens is 238 g/mol. The van der Waals surface area contributed by atoms with E-state index in [1.54, 1.807) is 6.07 Å². The summed E-state index contributed by atoms with van der Waals surface area (Å²) in [5, 5.41) is 17.8. The Balaban J connectivity index is 1.90. The molecule has 2 aromatic rings. The summed E-state index contributed by atoms with van der Waals surface area (Å²) in [4.78, 5) is 0. The highest BCUT2D eigenvalue weighted by molar-refractivity contribution is 5.28. The number of hydrogen-bond donors (Lipinski definition) is 1. The van der Waals surface area contributed by atoms with E-state index in [-0.39, 0.29) is 0 Å². The lowest BCUT2D eigenvalue weighted by molar-refractivity contribution is 0.231. The number of nitriles is 1. The molecule has 1 atom stereocenters. The van der Waals surface area contributed by atoms with Crippen LogP contribution in [0.2, 0.25) is 0 Å². The van der Waals surface area contributed by atoms with E-state index in [9.17, 15) is 5.11 Å². The first-order valence-electron chi connectivity index (χ1n) is 6.11. The van der Waals surface area contributed by atoms with Crippen LogP contribution in [0, 0.1) is 11.3 Å². The topological polar surface area (TPSA) is 53.2 Å². The third kappa shape index (κ3) is 4.13. The Kier molecular flexibility index (Phi) is 4.54. The van der Waals surface area contributed by atoms with Crippen LogP contribution in [0.1, 0.15) is 11.1 Å². The number of aliphatic hydroxyl groups excluding tert-OH is 1. The maximum Gasteiger partial charge on any atom is 0.144 e. The lowest BCUT2D eigenvalue weighted by Crippen LogP contribution is -2.06. The molecule has 0 saturated carbocycles. The highest BCUT2D eigenvalue weighted by Gasteiger charge is 2.03. The molecule has 0 fully saturated rings. The van der Waals surface area contributed by atoms with Gasteiger partial charge in [0, 0.05) is 6.42 Å². The van der Waals surface area contributed by atoms with Crippen LogP contribution in [0.25, 0.3) is 0 Å². The van der Waals surface area contributed by atoms with E-state index in [1.807, 2.05) is 54.6 Å². The molecule has 0 aliphatic heterocycles. The number of benzene rings is 2. The second kappa shape index (κ2) is 6.58. The van der Waals surface area contributed by atoms with Gasteiger partial charge in [0.2, 0.25) is 0 Å². The van der Waals surface area contributed by atoms with Crippen molar-refractivity contribution in [1.82, 2.24) is 0 Å². The molecule has 3 nitrogen and oxygen atoms in total. The van der Waals surface area contributed by atoms with Gasteiger partial charge in [-0.1, -0.05) is 42.5 Å². The summed E-state index contributed by atoms with van der Waals surface area (Å²) in [6.45, 7) is 0.529. The molecule has 0 unspecified atom stereocenters. The number of nitrogens with zero attached hydrogens (tertiary/aromatic N) is 1. The lowest BCUT2D eigenvalue weighted by Gasteiger charge is -2.07. The Bertz CT molecular complexity index is 543. The van der Waals surface area contributed by atoms with Gasteiger partial charge in [0.1, 0.15) is 18.5 Å². The van der Waals surface area contributed by atoms with Crippen LogP contribution >= 0.6 is 0 Å². The third-order valence-electron chi connectivity index (χ3n) is 2.75. The summed E-state index contributed by atoms with van der Waals surface area (Å²) in [6.07, 6.45) is -0.605. The molecule has 0 bridgehead atoms. The number of ether oxygens (including phenoxy) is 1. The zero-order valence-corrected chi connectivity index (χ0v) is 10.5. The molecule has 0 amide bonds. The minimum Gasteiger partial charge on any atom is -0.489 e. The molecule has 1 N–H and O–H groups in total. The van der Waals surface area contributed by atoms with Gasteiger partial charge in [0.15, 0.2) is 0 Å². The van der Waals surface area contributed by atoms with Gasteiger partial charge in [-0.2, -0.15) is 5.26 Å². The van der Waals surface area contributed by atoms with Gasteiger partial charge >= 0.3 is 0 Å². The minimum absolute atomic E-state index is 0.343. The molecule has 0 aliphatic carbocycles. The zero-order valence-electron chi connectivity index (χ0n) is 10.5. The Morgan fingerprint density at radius 3 is 2.32 bits per heavy atom. The Morgan fingerprint density at radius 2 is 1.68 bits per heavy atom. The standard InChI is InChI=1S/C16H15NO2/c17-11-15(18)10-13-6-8-16(9-7-13)19-12-14-4-2-1-3-5-14/h1-9,15,18H,10,12H2/t15-/m1/s1. The smallest absolute Gasteiger partial charge is 0.144 e. The van der Waals surface area contributed by atoms with E-state index in [1.165, 1.54) is 0 Å². The SMILES string of the molecule is N#C[C@H](O)Cc1ccc(OCc2ccccc2)cc1. The molecule has 3 heteroatoms. The van der Waals surface area contributed by atoms with Gasteiger partial charge < -0.3 is 9.84 Å². The van der Waals surface area contributed by atoms with Crippen LogP contribution in [-0.2, 0) is 13.0 Å². The Morgan fingerprint density at radius 1 is 1.00 bits per heavy atom. The van der Waals surface area contributed by atoms with Crippen molar-refractivity contribution in [2.75, 3.05) is 0 Å². The number of aliphatic hydroxyl groups is 1. The van der Waals surface area contributed by atoms with E-state index < -0.39 is 6.10 Å². The summed E-state index contributed by atoms with van der Waals surface area (Å²) in [6, 6.07) is 19.2. The number of rotatable bonds is 5. The maximum atomic E-state index is 9.24. The maximum absolute atomic E-state index is 9.24.